The molecule has 8 rings (SSSR count). The van der Waals surface area contributed by atoms with Crippen LogP contribution in [0.2, 0.25) is 0 Å². The molecule has 43 heteroatoms. The van der Waals surface area contributed by atoms with Crippen LogP contribution in [0.25, 0.3) is 21.8 Å². The number of H-pyrrole nitrogens is 2. The molecule has 0 bridgehead atoms. The number of carboxylic acids is 1. The van der Waals surface area contributed by atoms with Crippen molar-refractivity contribution in [2.75, 3.05) is 65.4 Å². The maximum absolute atomic E-state index is 15.6. The number of fused-ring (bicyclic) bond motifs is 4. The van der Waals surface area contributed by atoms with Crippen molar-refractivity contribution in [2.24, 2.45) is 17.2 Å². The Morgan fingerprint density at radius 3 is 1.66 bits per heavy atom. The maximum atomic E-state index is 15.6. The molecule has 5 heterocycles. The van der Waals surface area contributed by atoms with Gasteiger partial charge in [0.05, 0.1) is 31.4 Å². The van der Waals surface area contributed by atoms with Gasteiger partial charge in [-0.3, -0.25) is 86.3 Å². The number of likely N-dealkylation sites (N-methyl/N-ethyl adjacent to an activating group) is 3. The van der Waals surface area contributed by atoms with Crippen LogP contribution in [0.1, 0.15) is 129 Å². The van der Waals surface area contributed by atoms with Crippen molar-refractivity contribution < 1.29 is 107 Å². The van der Waals surface area contributed by atoms with Crippen molar-refractivity contribution in [1.82, 2.24) is 87.6 Å². The fourth-order valence-electron chi connectivity index (χ4n) is 15.4. The quantitative estimate of drug-likeness (QED) is 0.0317. The third-order valence-corrected chi connectivity index (χ3v) is 23.7. The summed E-state index contributed by atoms with van der Waals surface area (Å²) in [6.45, 7) is 2.90. The third-order valence-electron chi connectivity index (χ3n) is 22.7. The van der Waals surface area contributed by atoms with Crippen LogP contribution in [0.3, 0.4) is 0 Å². The summed E-state index contributed by atoms with van der Waals surface area (Å²) < 4.78 is 0. The first-order valence-electron chi connectivity index (χ1n) is 42.0. The molecule has 3 saturated heterocycles. The second kappa shape index (κ2) is 48.2. The Morgan fingerprint density at radius 2 is 1.06 bits per heavy atom. The Bertz CT molecular complexity index is 4840. The molecule has 5 aromatic rings. The number of amides is 17. The van der Waals surface area contributed by atoms with Gasteiger partial charge in [-0.25, -0.2) is 0 Å². The Kier molecular flexibility index (Phi) is 38.6. The van der Waals surface area contributed by atoms with Gasteiger partial charge < -0.3 is 125 Å². The molecule has 3 fully saturated rings. The number of aliphatic carboxylic acids is 1. The molecule has 22 N–H and O–H groups in total. The van der Waals surface area contributed by atoms with E-state index in [2.05, 4.69) is 63.1 Å². The fraction of sp³-hybridized carbons (Fsp3) is 0.529. The fourth-order valence-corrected chi connectivity index (χ4v) is 16.2. The lowest BCUT2D eigenvalue weighted by Crippen LogP contribution is -2.62. The van der Waals surface area contributed by atoms with Crippen LogP contribution in [0, 0.1) is 0 Å². The first-order chi connectivity index (χ1) is 60.4. The van der Waals surface area contributed by atoms with Gasteiger partial charge in [0, 0.05) is 113 Å². The second-order valence-corrected chi connectivity index (χ2v) is 33.0. The molecule has 17 amide bonds. The van der Waals surface area contributed by atoms with E-state index in [9.17, 15) is 82.8 Å². The summed E-state index contributed by atoms with van der Waals surface area (Å²) in [6, 6.07) is -3.11. The Morgan fingerprint density at radius 1 is 0.539 bits per heavy atom. The number of phenols is 1. The molecule has 0 saturated carbocycles. The zero-order valence-corrected chi connectivity index (χ0v) is 72.6. The molecule has 128 heavy (non-hydrogen) atoms. The molecule has 0 unspecified atom stereocenters. The number of unbranched alkanes of at least 4 members (excludes halogenated alkanes) is 2. The minimum absolute atomic E-state index is 0. The van der Waals surface area contributed by atoms with Crippen LogP contribution in [0.5, 0.6) is 5.75 Å². The van der Waals surface area contributed by atoms with Crippen LogP contribution in [0.4, 0.5) is 0 Å². The lowest BCUT2D eigenvalue weighted by molar-refractivity contribution is -0.149. The maximum Gasteiger partial charge on any atom is 0.303 e. The number of benzene rings is 3. The molecular formula is C85H120N20O22S. The van der Waals surface area contributed by atoms with E-state index in [1.165, 1.54) is 59.3 Å². The number of nitrogens with zero attached hydrogens (tertiary/aromatic N) is 5. The normalized spacial score (nSPS) is 25.4. The average molecular weight is 1810 g/mol. The summed E-state index contributed by atoms with van der Waals surface area (Å²) in [5.74, 6) is -19.4. The summed E-state index contributed by atoms with van der Waals surface area (Å²) in [7, 11) is 3.86. The number of carbonyl (C=O) groups is 18. The average Bonchev–Trinajstić information content (AvgIpc) is 0.889. The number of carboxylic acid groups (broad SMARTS) is 1. The Labute approximate surface area is 743 Å². The lowest BCUT2D eigenvalue weighted by atomic mass is 10.00. The van der Waals surface area contributed by atoms with Gasteiger partial charge in [-0.2, -0.15) is 0 Å². The number of carbonyl (C=O) groups excluding carboxylic acids is 17. The highest BCUT2D eigenvalue weighted by atomic mass is 32.2. The number of para-hydroxylation sites is 2. The van der Waals surface area contributed by atoms with Crippen molar-refractivity contribution in [3.05, 3.63) is 102 Å². The monoisotopic (exact) mass is 1800 g/mol. The number of aliphatic hydroxyl groups excluding tert-OH is 2. The Balaban J connectivity index is 0.0000224. The number of primary amides is 2. The van der Waals surface area contributed by atoms with Crippen LogP contribution in [-0.2, 0) is 106 Å². The van der Waals surface area contributed by atoms with Gasteiger partial charge in [0.25, 0.3) is 0 Å². The number of hydrogen-bond acceptors (Lipinski definition) is 23. The number of nitrogens with one attached hydrogen (secondary N) is 12. The van der Waals surface area contributed by atoms with E-state index in [0.717, 1.165) is 36.3 Å². The van der Waals surface area contributed by atoms with Gasteiger partial charge in [0.1, 0.15) is 90.3 Å². The predicted octanol–water partition coefficient (Wildman–Crippen LogP) is -3.72. The summed E-state index contributed by atoms with van der Waals surface area (Å²) >= 11 is 0.766. The molecule has 15 atom stereocenters. The second-order valence-electron chi connectivity index (χ2n) is 31.9. The lowest BCUT2D eigenvalue weighted by Gasteiger charge is -2.36. The summed E-state index contributed by atoms with van der Waals surface area (Å²) in [4.78, 5) is 269. The smallest absolute Gasteiger partial charge is 0.303 e. The SMILES string of the molecule is C.CCCC[C@H]1C(=O)N(C)[C@@H](CCCC)C(=O)N[C@@H](C)C(=O)N[C@H](C(=O)NCC(N)=O)CSCC(=O)N[C@@H](Cc2ccc(O)cc2)C(=O)N(C)[C@@H](C)C(=O)N[C@@H](CC(N)=O)C(=O)N2CCC[C@H]2C(=O)N[C@@H](CN)C(=O)N[C@@H](CCC(=O)O)C(=O)N2C[C@H](O)C[C@H]2C(=O)N[C@@H](Cc2c[nH]c3ccccc23)C(=O)N[C@@H](CO)C(=O)N[C@@H](Cc2c[nH]c3ccccc23)C(=O)N1C. The minimum atomic E-state index is -1.92. The zero-order chi connectivity index (χ0) is 93.2. The molecule has 698 valence electrons. The highest BCUT2D eigenvalue weighted by Crippen LogP contribution is 2.27. The van der Waals surface area contributed by atoms with Crippen molar-refractivity contribution in [1.29, 1.82) is 0 Å². The van der Waals surface area contributed by atoms with Crippen molar-refractivity contribution in [2.45, 2.75) is 222 Å². The van der Waals surface area contributed by atoms with Gasteiger partial charge in [0.2, 0.25) is 100 Å². The number of nitrogens with two attached hydrogens (primary N) is 3. The van der Waals surface area contributed by atoms with Crippen molar-refractivity contribution >= 4 is 140 Å². The van der Waals surface area contributed by atoms with Crippen LogP contribution >= 0.6 is 11.8 Å². The number of aromatic nitrogens is 2. The first kappa shape index (κ1) is 102. The number of aromatic amines is 2. The van der Waals surface area contributed by atoms with E-state index < -0.39 is 261 Å². The topological polar surface area (TPSA) is 634 Å². The third kappa shape index (κ3) is 27.6. The molecule has 0 spiro atoms. The van der Waals surface area contributed by atoms with Crippen molar-refractivity contribution in [3.8, 4) is 5.75 Å². The van der Waals surface area contributed by atoms with E-state index in [4.69, 9.17) is 17.2 Å². The highest BCUT2D eigenvalue weighted by Gasteiger charge is 2.46. The van der Waals surface area contributed by atoms with Crippen LogP contribution in [0.15, 0.2) is 85.2 Å². The molecule has 0 aliphatic carbocycles. The predicted molar refractivity (Wildman–Crippen MR) is 467 cm³/mol. The molecule has 3 aromatic carbocycles. The van der Waals surface area contributed by atoms with E-state index in [0.29, 0.717) is 64.2 Å². The molecule has 42 nitrogen and oxygen atoms in total. The van der Waals surface area contributed by atoms with Crippen LogP contribution in [-0.4, -0.2) is 317 Å². The largest absolute Gasteiger partial charge is 0.508 e. The number of thioether (sulfide) groups is 1. The van der Waals surface area contributed by atoms with E-state index in [-0.39, 0.29) is 64.7 Å². The number of aliphatic hydroxyl groups is 2. The minimum Gasteiger partial charge on any atom is -0.508 e. The molecular weight excluding hydrogens is 1690 g/mol. The summed E-state index contributed by atoms with van der Waals surface area (Å²) in [5.41, 5.74) is 19.7. The van der Waals surface area contributed by atoms with E-state index in [1.54, 1.807) is 60.9 Å². The number of rotatable bonds is 22. The highest BCUT2D eigenvalue weighted by molar-refractivity contribution is 8.00. The number of aromatic hydroxyl groups is 1. The molecule has 0 radical (unpaired) electrons. The molecule has 3 aliphatic rings. The van der Waals surface area contributed by atoms with E-state index >= 15 is 24.0 Å². The van der Waals surface area contributed by atoms with Gasteiger partial charge in [0.15, 0.2) is 0 Å². The Hall–Kier alpha value is -12.8. The summed E-state index contributed by atoms with van der Waals surface area (Å²) in [6.07, 6.45) is -0.237. The van der Waals surface area contributed by atoms with E-state index in [1.807, 2.05) is 13.8 Å². The van der Waals surface area contributed by atoms with Gasteiger partial charge in [-0.15, -0.1) is 11.8 Å². The van der Waals surface area contributed by atoms with Crippen LogP contribution < -0.4 is 70.4 Å². The zero-order valence-electron chi connectivity index (χ0n) is 71.8. The standard InChI is InChI=1S/C84H116N20O22S.CH4/c1-8-10-21-63-77(119)91-44(3)71(113)99-62(73(115)90-39-68(87)109)42-127-43-69(110)92-57(31-46-24-26-49(106)27-25-46)80(122)100(5)45(4)72(114)95-59(35-67(86)108)83(125)103-30-16-23-64(103)78(120)97-60(36-85)75(117)93-55(28-29-70(111)112)82(124)104-40-50(107)34-66(104)79(121)94-56(32-47-37-88-53-19-14-12-17-51(47)53)74(116)98-61(41-105)76(118)96-58(33-48-38-89-54-20-15-13-18-52(48)54)81(123)102(7)65(22-11-9-2)84(126)101(63)6;/h12-15,17-20,24-27,37-38,44-45,50,55-66,88-89,105-107H,8-11,16,21-23,28-36,39-43,85H2,1-7H3,(H2,86,108)(H2,87,109)(H,90,115)(H,91,119)(H,92,110)(H,93,117)(H,94,121)(H,95,114)(H,96,118)(H,97,120)(H,98,116)(H,99,113)(H,111,112);1H4/t44-,45-,50+,55-,56-,57-,58-,59-,60-,61-,62-,63-,64-,65-,66-;/m0./s1. The van der Waals surface area contributed by atoms with Gasteiger partial charge in [-0.1, -0.05) is 95.5 Å². The van der Waals surface area contributed by atoms with Crippen molar-refractivity contribution in [3.63, 3.8) is 0 Å². The molecule has 2 aromatic heterocycles. The van der Waals surface area contributed by atoms with Gasteiger partial charge in [-0.05, 0) is 86.9 Å². The van der Waals surface area contributed by atoms with Gasteiger partial charge >= 0.3 is 5.97 Å². The first-order valence-corrected chi connectivity index (χ1v) is 43.2. The number of phenolic OH excluding ortho intramolecular Hbond substituents is 1. The number of hydrogen-bond donors (Lipinski definition) is 19. The summed E-state index contributed by atoms with van der Waals surface area (Å²) in [5, 5.41) is 69.0. The molecule has 3 aliphatic heterocycles.